The summed E-state index contributed by atoms with van der Waals surface area (Å²) in [6.07, 6.45) is 0. The van der Waals surface area contributed by atoms with E-state index in [9.17, 15) is 0 Å². The second kappa shape index (κ2) is 6.53. The lowest BCUT2D eigenvalue weighted by Crippen LogP contribution is -2.31. The van der Waals surface area contributed by atoms with Gasteiger partial charge in [0.05, 0.1) is 6.04 Å². The lowest BCUT2D eigenvalue weighted by Gasteiger charge is -2.19. The Bertz CT molecular complexity index is 590. The first-order chi connectivity index (χ1) is 9.56. The Labute approximate surface area is 126 Å². The molecule has 2 aromatic rings. The molecule has 2 rings (SSSR count). The van der Waals surface area contributed by atoms with E-state index in [-0.39, 0.29) is 6.04 Å². The summed E-state index contributed by atoms with van der Waals surface area (Å²) in [7, 11) is 0. The summed E-state index contributed by atoms with van der Waals surface area (Å²) >= 11 is 5.37. The van der Waals surface area contributed by atoms with E-state index in [0.717, 1.165) is 5.69 Å². The van der Waals surface area contributed by atoms with Crippen LogP contribution in [0.25, 0.3) is 0 Å². The highest BCUT2D eigenvalue weighted by atomic mass is 32.1. The van der Waals surface area contributed by atoms with Crippen LogP contribution in [0.2, 0.25) is 0 Å². The van der Waals surface area contributed by atoms with Crippen LogP contribution >= 0.6 is 12.2 Å². The van der Waals surface area contributed by atoms with Crippen molar-refractivity contribution in [1.29, 1.82) is 0 Å². The van der Waals surface area contributed by atoms with Gasteiger partial charge in [-0.3, -0.25) is 0 Å². The van der Waals surface area contributed by atoms with E-state index in [1.54, 1.807) is 0 Å². The second-order valence-corrected chi connectivity index (χ2v) is 5.45. The zero-order valence-corrected chi connectivity index (χ0v) is 12.9. The van der Waals surface area contributed by atoms with Gasteiger partial charge in [0.25, 0.3) is 0 Å². The summed E-state index contributed by atoms with van der Waals surface area (Å²) in [6.45, 7) is 6.30. The number of benzene rings is 2. The molecule has 0 aliphatic rings. The maximum atomic E-state index is 5.37. The van der Waals surface area contributed by atoms with Crippen LogP contribution in [-0.2, 0) is 0 Å². The molecule has 104 valence electrons. The van der Waals surface area contributed by atoms with Gasteiger partial charge in [0.15, 0.2) is 5.11 Å². The van der Waals surface area contributed by atoms with Crippen molar-refractivity contribution in [3.8, 4) is 0 Å². The van der Waals surface area contributed by atoms with E-state index in [1.165, 1.54) is 16.7 Å². The van der Waals surface area contributed by atoms with Crippen molar-refractivity contribution in [3.05, 3.63) is 65.2 Å². The fraction of sp³-hybridized carbons (Fsp3) is 0.235. The fourth-order valence-electron chi connectivity index (χ4n) is 2.15. The largest absolute Gasteiger partial charge is 0.356 e. The molecule has 0 bridgehead atoms. The van der Waals surface area contributed by atoms with Crippen LogP contribution < -0.4 is 10.6 Å². The monoisotopic (exact) mass is 284 g/mol. The first-order valence-corrected chi connectivity index (χ1v) is 7.17. The van der Waals surface area contributed by atoms with Gasteiger partial charge in [0.1, 0.15) is 0 Å². The number of rotatable bonds is 3. The minimum atomic E-state index is 0.182. The van der Waals surface area contributed by atoms with Crippen LogP contribution in [-0.4, -0.2) is 5.11 Å². The number of aryl methyl sites for hydroxylation is 2. The fourth-order valence-corrected chi connectivity index (χ4v) is 2.45. The topological polar surface area (TPSA) is 24.1 Å². The molecule has 20 heavy (non-hydrogen) atoms. The van der Waals surface area contributed by atoms with Crippen LogP contribution in [0.5, 0.6) is 0 Å². The summed E-state index contributed by atoms with van der Waals surface area (Å²) in [5, 5.41) is 7.17. The van der Waals surface area contributed by atoms with Gasteiger partial charge in [-0.15, -0.1) is 0 Å². The van der Waals surface area contributed by atoms with Crippen LogP contribution in [0.4, 0.5) is 5.69 Å². The molecular weight excluding hydrogens is 264 g/mol. The normalized spacial score (nSPS) is 11.8. The second-order valence-electron chi connectivity index (χ2n) is 5.04. The Morgan fingerprint density at radius 2 is 1.65 bits per heavy atom. The first kappa shape index (κ1) is 14.5. The van der Waals surface area contributed by atoms with Gasteiger partial charge in [0, 0.05) is 5.69 Å². The number of anilines is 1. The number of nitrogens with one attached hydrogen (secondary N) is 2. The van der Waals surface area contributed by atoms with Gasteiger partial charge in [-0.2, -0.15) is 0 Å². The van der Waals surface area contributed by atoms with E-state index in [4.69, 9.17) is 12.2 Å². The molecule has 2 N–H and O–H groups in total. The molecule has 2 nitrogen and oxygen atoms in total. The molecule has 0 aliphatic heterocycles. The standard InChI is InChI=1S/C17H20N2S/c1-12-8-10-15(11-9-12)19-17(20)18-14(3)16-7-5-4-6-13(16)2/h4-11,14H,1-3H3,(H2,18,19,20)/t14-/m0/s1. The molecule has 1 atom stereocenters. The third kappa shape index (κ3) is 3.81. The maximum Gasteiger partial charge on any atom is 0.171 e. The summed E-state index contributed by atoms with van der Waals surface area (Å²) < 4.78 is 0. The lowest BCUT2D eigenvalue weighted by molar-refractivity contribution is 0.717. The zero-order chi connectivity index (χ0) is 14.5. The van der Waals surface area contributed by atoms with Gasteiger partial charge in [0.2, 0.25) is 0 Å². The molecule has 0 heterocycles. The molecule has 0 radical (unpaired) electrons. The maximum absolute atomic E-state index is 5.37. The van der Waals surface area contributed by atoms with E-state index in [1.807, 2.05) is 12.1 Å². The SMILES string of the molecule is Cc1ccc(NC(=S)N[C@@H](C)c2ccccc2C)cc1. The van der Waals surface area contributed by atoms with Crippen LogP contribution in [0.15, 0.2) is 48.5 Å². The van der Waals surface area contributed by atoms with Crippen molar-refractivity contribution in [2.45, 2.75) is 26.8 Å². The van der Waals surface area contributed by atoms with E-state index < -0.39 is 0 Å². The quantitative estimate of drug-likeness (QED) is 0.819. The number of hydrogen-bond acceptors (Lipinski definition) is 1. The Kier molecular flexibility index (Phi) is 4.74. The van der Waals surface area contributed by atoms with Crippen molar-refractivity contribution in [2.24, 2.45) is 0 Å². The Balaban J connectivity index is 1.98. The molecule has 0 spiro atoms. The van der Waals surface area contributed by atoms with Crippen molar-refractivity contribution in [3.63, 3.8) is 0 Å². The Morgan fingerprint density at radius 1 is 1.00 bits per heavy atom. The van der Waals surface area contributed by atoms with E-state index in [0.29, 0.717) is 5.11 Å². The average Bonchev–Trinajstić information content (AvgIpc) is 2.41. The van der Waals surface area contributed by atoms with Crippen LogP contribution in [0.3, 0.4) is 0 Å². The van der Waals surface area contributed by atoms with Gasteiger partial charge in [-0.05, 0) is 56.2 Å². The molecule has 0 saturated heterocycles. The van der Waals surface area contributed by atoms with Crippen molar-refractivity contribution < 1.29 is 0 Å². The van der Waals surface area contributed by atoms with Crippen molar-refractivity contribution in [1.82, 2.24) is 5.32 Å². The minimum Gasteiger partial charge on any atom is -0.356 e. The molecule has 0 aliphatic carbocycles. The average molecular weight is 284 g/mol. The molecule has 0 fully saturated rings. The lowest BCUT2D eigenvalue weighted by atomic mass is 10.0. The molecule has 0 aromatic heterocycles. The Morgan fingerprint density at radius 3 is 2.30 bits per heavy atom. The molecule has 0 saturated carbocycles. The smallest absolute Gasteiger partial charge is 0.171 e. The predicted molar refractivity (Wildman–Crippen MR) is 90.1 cm³/mol. The summed E-state index contributed by atoms with van der Waals surface area (Å²) in [5.41, 5.74) is 4.78. The highest BCUT2D eigenvalue weighted by Gasteiger charge is 2.08. The molecule has 0 amide bonds. The third-order valence-electron chi connectivity index (χ3n) is 3.31. The Hall–Kier alpha value is -1.87. The molecule has 3 heteroatoms. The van der Waals surface area contributed by atoms with E-state index >= 15 is 0 Å². The first-order valence-electron chi connectivity index (χ1n) is 6.76. The summed E-state index contributed by atoms with van der Waals surface area (Å²) in [5.74, 6) is 0. The van der Waals surface area contributed by atoms with Gasteiger partial charge in [-0.25, -0.2) is 0 Å². The number of hydrogen-bond donors (Lipinski definition) is 2. The molecular formula is C17H20N2S. The predicted octanol–water partition coefficient (Wildman–Crippen LogP) is 4.35. The van der Waals surface area contributed by atoms with Crippen LogP contribution in [0, 0.1) is 13.8 Å². The summed E-state index contributed by atoms with van der Waals surface area (Å²) in [6, 6.07) is 16.7. The highest BCUT2D eigenvalue weighted by Crippen LogP contribution is 2.17. The zero-order valence-electron chi connectivity index (χ0n) is 12.1. The van der Waals surface area contributed by atoms with Crippen molar-refractivity contribution in [2.75, 3.05) is 5.32 Å². The van der Waals surface area contributed by atoms with E-state index in [2.05, 4.69) is 67.8 Å². The highest BCUT2D eigenvalue weighted by molar-refractivity contribution is 7.80. The van der Waals surface area contributed by atoms with Gasteiger partial charge >= 0.3 is 0 Å². The third-order valence-corrected chi connectivity index (χ3v) is 3.53. The summed E-state index contributed by atoms with van der Waals surface area (Å²) in [4.78, 5) is 0. The van der Waals surface area contributed by atoms with Gasteiger partial charge < -0.3 is 10.6 Å². The van der Waals surface area contributed by atoms with Crippen molar-refractivity contribution >= 4 is 23.0 Å². The van der Waals surface area contributed by atoms with Gasteiger partial charge in [-0.1, -0.05) is 42.0 Å². The number of thiocarbonyl (C=S) groups is 1. The minimum absolute atomic E-state index is 0.182. The molecule has 0 unspecified atom stereocenters. The molecule has 2 aromatic carbocycles. The van der Waals surface area contributed by atoms with Crippen LogP contribution in [0.1, 0.15) is 29.7 Å².